The Balaban J connectivity index is 1.64. The molecule has 0 aromatic heterocycles. The van der Waals surface area contributed by atoms with E-state index < -0.39 is 11.3 Å². The van der Waals surface area contributed by atoms with Crippen LogP contribution in [0.15, 0.2) is 96.2 Å². The molecular weight excluding hydrogens is 446 g/mol. The Hall–Kier alpha value is -3.15. The van der Waals surface area contributed by atoms with Gasteiger partial charge < -0.3 is 9.57 Å². The highest BCUT2D eigenvalue weighted by Gasteiger charge is 2.54. The smallest absolute Gasteiger partial charge is 0.222 e. The van der Waals surface area contributed by atoms with E-state index in [1.807, 2.05) is 13.2 Å². The molecule has 1 saturated heterocycles. The first-order chi connectivity index (χ1) is 17.6. The molecule has 1 fully saturated rings. The van der Waals surface area contributed by atoms with Gasteiger partial charge in [-0.15, -0.1) is 0 Å². The summed E-state index contributed by atoms with van der Waals surface area (Å²) >= 11 is 0. The summed E-state index contributed by atoms with van der Waals surface area (Å²) in [6.45, 7) is 5.31. The van der Waals surface area contributed by atoms with Crippen molar-refractivity contribution < 1.29 is 9.57 Å². The van der Waals surface area contributed by atoms with E-state index in [0.717, 1.165) is 61.2 Å². The number of ether oxygens (including phenoxy) is 1. The van der Waals surface area contributed by atoms with Gasteiger partial charge in [0.1, 0.15) is 5.60 Å². The van der Waals surface area contributed by atoms with Crippen LogP contribution in [-0.4, -0.2) is 41.3 Å². The molecule has 5 rings (SSSR count). The third kappa shape index (κ3) is 4.21. The number of hydrazine groups is 1. The number of unbranched alkanes of at least 4 members (excludes halogenated alkanes) is 1. The van der Waals surface area contributed by atoms with E-state index in [-0.39, 0.29) is 6.04 Å². The molecule has 0 amide bonds. The lowest BCUT2D eigenvalue weighted by atomic mass is 9.79. The maximum absolute atomic E-state index is 6.63. The van der Waals surface area contributed by atoms with Crippen molar-refractivity contribution >= 4 is 5.84 Å². The van der Waals surface area contributed by atoms with E-state index in [2.05, 4.69) is 114 Å². The lowest BCUT2D eigenvalue weighted by molar-refractivity contribution is -0.193. The van der Waals surface area contributed by atoms with Gasteiger partial charge in [-0.05, 0) is 37.3 Å². The van der Waals surface area contributed by atoms with Crippen LogP contribution in [0.4, 0.5) is 0 Å². The number of hydrogen-bond donors (Lipinski definition) is 0. The molecule has 2 aliphatic heterocycles. The molecule has 5 nitrogen and oxygen atoms in total. The molecule has 0 saturated carbocycles. The number of rotatable bonds is 9. The summed E-state index contributed by atoms with van der Waals surface area (Å²) in [7, 11) is 1.85. The maximum Gasteiger partial charge on any atom is 0.222 e. The first kappa shape index (κ1) is 24.5. The second-order valence-corrected chi connectivity index (χ2v) is 9.96. The van der Waals surface area contributed by atoms with Crippen molar-refractivity contribution in [3.63, 3.8) is 0 Å². The first-order valence-corrected chi connectivity index (χ1v) is 13.2. The highest BCUT2D eigenvalue weighted by Crippen LogP contribution is 2.46. The van der Waals surface area contributed by atoms with Crippen LogP contribution < -0.4 is 0 Å². The van der Waals surface area contributed by atoms with Gasteiger partial charge >= 0.3 is 0 Å². The van der Waals surface area contributed by atoms with Crippen LogP contribution in [0.1, 0.15) is 62.6 Å². The van der Waals surface area contributed by atoms with Crippen molar-refractivity contribution in [2.45, 2.75) is 63.3 Å². The third-order valence-corrected chi connectivity index (χ3v) is 7.68. The zero-order chi connectivity index (χ0) is 25.0. The summed E-state index contributed by atoms with van der Waals surface area (Å²) in [5.41, 5.74) is 2.17. The molecule has 0 unspecified atom stereocenters. The Morgan fingerprint density at radius 3 is 2.08 bits per heavy atom. The molecule has 36 heavy (non-hydrogen) atoms. The second-order valence-electron chi connectivity index (χ2n) is 9.96. The minimum absolute atomic E-state index is 0.0591. The van der Waals surface area contributed by atoms with E-state index in [1.54, 1.807) is 0 Å². The largest absolute Gasteiger partial charge is 0.367 e. The fourth-order valence-corrected chi connectivity index (χ4v) is 5.95. The summed E-state index contributed by atoms with van der Waals surface area (Å²) in [6.07, 6.45) is 5.13. The number of oxime groups is 1. The van der Waals surface area contributed by atoms with Crippen LogP contribution in [0.2, 0.25) is 0 Å². The molecular formula is C31H37N3O2. The van der Waals surface area contributed by atoms with Crippen LogP contribution in [0.5, 0.6) is 0 Å². The Bertz CT molecular complexity index is 1110. The lowest BCUT2D eigenvalue weighted by Crippen LogP contribution is -2.62. The van der Waals surface area contributed by atoms with E-state index >= 15 is 0 Å². The maximum atomic E-state index is 6.63. The predicted octanol–water partition coefficient (Wildman–Crippen LogP) is 6.56. The molecule has 0 radical (unpaired) electrons. The van der Waals surface area contributed by atoms with Crippen molar-refractivity contribution in [2.24, 2.45) is 5.16 Å². The Morgan fingerprint density at radius 1 is 0.944 bits per heavy atom. The van der Waals surface area contributed by atoms with Crippen LogP contribution >= 0.6 is 0 Å². The Morgan fingerprint density at radius 2 is 1.53 bits per heavy atom. The van der Waals surface area contributed by atoms with Gasteiger partial charge in [0, 0.05) is 25.6 Å². The Kier molecular flexibility index (Phi) is 7.13. The van der Waals surface area contributed by atoms with Gasteiger partial charge in [0.15, 0.2) is 5.84 Å². The normalized spacial score (nSPS) is 22.5. The summed E-state index contributed by atoms with van der Waals surface area (Å²) in [5.74, 6) is 0.868. The number of amidine groups is 1. The standard InChI is InChI=1S/C31H37N3O2/c1-4-5-23-30(2)34(29(32-36-30)25-16-9-6-10-17-25)33-24-15-22-28(33)31(35-3,26-18-11-7-12-19-26)27-20-13-8-14-21-27/h6-14,16-21,28H,4-5,15,22-24H2,1-3H3/t28-,30+/m0/s1. The molecule has 188 valence electrons. The molecule has 0 aliphatic carbocycles. The van der Waals surface area contributed by atoms with Crippen LogP contribution in [-0.2, 0) is 15.2 Å². The van der Waals surface area contributed by atoms with Gasteiger partial charge in [-0.2, -0.15) is 0 Å². The van der Waals surface area contributed by atoms with Gasteiger partial charge in [0.25, 0.3) is 0 Å². The van der Waals surface area contributed by atoms with Gasteiger partial charge in [0.2, 0.25) is 5.72 Å². The van der Waals surface area contributed by atoms with Crippen LogP contribution in [0, 0.1) is 0 Å². The summed E-state index contributed by atoms with van der Waals surface area (Å²) in [6, 6.07) is 31.8. The topological polar surface area (TPSA) is 37.3 Å². The predicted molar refractivity (Wildman–Crippen MR) is 144 cm³/mol. The van der Waals surface area contributed by atoms with E-state index in [1.165, 1.54) is 0 Å². The minimum Gasteiger partial charge on any atom is -0.367 e. The average molecular weight is 484 g/mol. The number of benzene rings is 3. The molecule has 2 aliphatic rings. The number of methoxy groups -OCH3 is 1. The van der Waals surface area contributed by atoms with Gasteiger partial charge in [-0.1, -0.05) is 109 Å². The van der Waals surface area contributed by atoms with E-state index in [4.69, 9.17) is 9.57 Å². The number of nitrogens with zero attached hydrogens (tertiary/aromatic N) is 3. The second kappa shape index (κ2) is 10.5. The van der Waals surface area contributed by atoms with Crippen LogP contribution in [0.25, 0.3) is 0 Å². The van der Waals surface area contributed by atoms with Crippen molar-refractivity contribution in [3.8, 4) is 0 Å². The average Bonchev–Trinajstić information content (AvgIpc) is 3.55. The van der Waals surface area contributed by atoms with Crippen molar-refractivity contribution in [3.05, 3.63) is 108 Å². The highest BCUT2D eigenvalue weighted by molar-refractivity contribution is 5.99. The van der Waals surface area contributed by atoms with Crippen molar-refractivity contribution in [1.29, 1.82) is 0 Å². The summed E-state index contributed by atoms with van der Waals surface area (Å²) in [5, 5.41) is 9.51. The highest BCUT2D eigenvalue weighted by atomic mass is 16.7. The van der Waals surface area contributed by atoms with Crippen LogP contribution in [0.3, 0.4) is 0 Å². The van der Waals surface area contributed by atoms with Gasteiger partial charge in [0.05, 0.1) is 6.04 Å². The summed E-state index contributed by atoms with van der Waals surface area (Å²) < 4.78 is 6.63. The molecule has 2 heterocycles. The van der Waals surface area contributed by atoms with Crippen molar-refractivity contribution in [2.75, 3.05) is 13.7 Å². The number of hydrogen-bond acceptors (Lipinski definition) is 5. The van der Waals surface area contributed by atoms with Gasteiger partial charge in [-0.3, -0.25) is 0 Å². The molecule has 0 N–H and O–H groups in total. The minimum atomic E-state index is -0.644. The quantitative estimate of drug-likeness (QED) is 0.346. The fraction of sp³-hybridized carbons (Fsp3) is 0.387. The third-order valence-electron chi connectivity index (χ3n) is 7.68. The molecule has 0 bridgehead atoms. The zero-order valence-corrected chi connectivity index (χ0v) is 21.6. The molecule has 3 aromatic rings. The molecule has 3 aromatic carbocycles. The summed E-state index contributed by atoms with van der Waals surface area (Å²) in [4.78, 5) is 6.27. The van der Waals surface area contributed by atoms with Crippen molar-refractivity contribution in [1.82, 2.24) is 10.0 Å². The SMILES string of the molecule is CCCC[C@@]1(C)ON=C(c2ccccc2)N1N1CCC[C@H]1C(OC)(c1ccccc1)c1ccccc1. The zero-order valence-electron chi connectivity index (χ0n) is 21.6. The van der Waals surface area contributed by atoms with E-state index in [0.29, 0.717) is 0 Å². The molecule has 5 heteroatoms. The lowest BCUT2D eigenvalue weighted by Gasteiger charge is -2.49. The monoisotopic (exact) mass is 483 g/mol. The fourth-order valence-electron chi connectivity index (χ4n) is 5.95. The molecule has 0 spiro atoms. The van der Waals surface area contributed by atoms with E-state index in [9.17, 15) is 0 Å². The first-order valence-electron chi connectivity index (χ1n) is 13.2. The Labute approximate surface area is 215 Å². The van der Waals surface area contributed by atoms with Gasteiger partial charge in [-0.25, -0.2) is 10.0 Å². The molecule has 2 atom stereocenters.